The van der Waals surface area contributed by atoms with Gasteiger partial charge in [-0.2, -0.15) is 0 Å². The maximum atomic E-state index is 13.5. The molecule has 35 heavy (non-hydrogen) atoms. The summed E-state index contributed by atoms with van der Waals surface area (Å²) in [7, 11) is 0. The van der Waals surface area contributed by atoms with Crippen molar-refractivity contribution < 1.29 is 19.2 Å². The third-order valence-electron chi connectivity index (χ3n) is 7.29. The van der Waals surface area contributed by atoms with Crippen molar-refractivity contribution in [1.82, 2.24) is 15.1 Å². The van der Waals surface area contributed by atoms with Crippen LogP contribution in [-0.4, -0.2) is 58.7 Å². The monoisotopic (exact) mass is 494 g/mol. The number of urea groups is 1. The molecule has 3 fully saturated rings. The van der Waals surface area contributed by atoms with Gasteiger partial charge in [0.25, 0.3) is 11.8 Å². The number of thiophene rings is 1. The second kappa shape index (κ2) is 9.11. The molecule has 184 valence electrons. The van der Waals surface area contributed by atoms with Crippen LogP contribution in [-0.2, 0) is 9.59 Å². The minimum atomic E-state index is -0.938. The molecule has 9 heteroatoms. The summed E-state index contributed by atoms with van der Waals surface area (Å²) < 4.78 is 0. The van der Waals surface area contributed by atoms with Gasteiger partial charge in [-0.05, 0) is 63.0 Å². The Labute approximate surface area is 208 Å². The van der Waals surface area contributed by atoms with E-state index in [-0.39, 0.29) is 24.3 Å². The molecule has 3 aliphatic rings. The van der Waals surface area contributed by atoms with Crippen LogP contribution >= 0.6 is 11.3 Å². The summed E-state index contributed by atoms with van der Waals surface area (Å²) in [6, 6.07) is 9.22. The molecule has 2 saturated heterocycles. The molecule has 8 nitrogen and oxygen atoms in total. The molecule has 0 bridgehead atoms. The highest BCUT2D eigenvalue weighted by molar-refractivity contribution is 7.20. The molecule has 2 N–H and O–H groups in total. The quantitative estimate of drug-likeness (QED) is 0.593. The zero-order valence-electron chi connectivity index (χ0n) is 20.1. The topological polar surface area (TPSA) is 98.8 Å². The molecule has 5 rings (SSSR count). The van der Waals surface area contributed by atoms with Gasteiger partial charge in [0.2, 0.25) is 5.91 Å². The Morgan fingerprint density at radius 3 is 2.46 bits per heavy atom. The summed E-state index contributed by atoms with van der Waals surface area (Å²) in [5.41, 5.74) is 1.34. The lowest BCUT2D eigenvalue weighted by Crippen LogP contribution is -2.46. The smallest absolute Gasteiger partial charge is 0.325 e. The van der Waals surface area contributed by atoms with Crippen molar-refractivity contribution in [3.63, 3.8) is 0 Å². The molecule has 1 aromatic carbocycles. The van der Waals surface area contributed by atoms with Crippen LogP contribution in [0.2, 0.25) is 0 Å². The minimum absolute atomic E-state index is 0.0905. The Balaban J connectivity index is 1.41. The van der Waals surface area contributed by atoms with E-state index in [1.54, 1.807) is 6.92 Å². The molecular formula is C26H30N4O4S. The first-order chi connectivity index (χ1) is 16.8. The predicted octanol–water partition coefficient (Wildman–Crippen LogP) is 4.01. The fourth-order valence-electron chi connectivity index (χ4n) is 5.09. The fraction of sp³-hybridized carbons (Fsp3) is 0.462. The molecule has 1 aliphatic carbocycles. The number of hydrogen-bond donors (Lipinski definition) is 2. The molecule has 0 radical (unpaired) electrons. The lowest BCUT2D eigenvalue weighted by Gasteiger charge is -2.27. The van der Waals surface area contributed by atoms with E-state index in [1.165, 1.54) is 11.3 Å². The Hall–Kier alpha value is -3.20. The van der Waals surface area contributed by atoms with Gasteiger partial charge in [0, 0.05) is 18.0 Å². The predicted molar refractivity (Wildman–Crippen MR) is 134 cm³/mol. The summed E-state index contributed by atoms with van der Waals surface area (Å²) in [6.07, 6.45) is 4.82. The van der Waals surface area contributed by atoms with Gasteiger partial charge >= 0.3 is 6.03 Å². The number of carbonyl (C=O) groups is 4. The van der Waals surface area contributed by atoms with Gasteiger partial charge in [0.15, 0.2) is 0 Å². The van der Waals surface area contributed by atoms with Crippen molar-refractivity contribution in [2.45, 2.75) is 51.5 Å². The average Bonchev–Trinajstić information content (AvgIpc) is 3.64. The van der Waals surface area contributed by atoms with Crippen molar-refractivity contribution in [1.29, 1.82) is 0 Å². The molecule has 1 aromatic heterocycles. The molecule has 0 unspecified atom stereocenters. The Morgan fingerprint density at radius 1 is 1.11 bits per heavy atom. The molecular weight excluding hydrogens is 464 g/mol. The van der Waals surface area contributed by atoms with Crippen molar-refractivity contribution in [2.75, 3.05) is 25.0 Å². The number of nitrogens with one attached hydrogen (secondary N) is 2. The molecule has 2 aliphatic heterocycles. The summed E-state index contributed by atoms with van der Waals surface area (Å²) in [5.74, 6) is -0.833. The fourth-order valence-corrected chi connectivity index (χ4v) is 6.31. The summed E-state index contributed by atoms with van der Waals surface area (Å²) in [4.78, 5) is 55.8. The third kappa shape index (κ3) is 4.33. The Bertz CT molecular complexity index is 1180. The number of nitrogens with zero attached hydrogens (tertiary/aromatic N) is 2. The van der Waals surface area contributed by atoms with E-state index >= 15 is 0 Å². The van der Waals surface area contributed by atoms with Crippen molar-refractivity contribution in [3.05, 3.63) is 41.5 Å². The second-order valence-electron chi connectivity index (χ2n) is 9.83. The standard InChI is InChI=1S/C26H30N4O4S/c1-16-20(23(32)29-13-7-4-8-14-29)22(35-21(16)17-9-5-3-6-10-17)27-19(31)15-30-24(33)26(2,18-11-12-18)28-25(30)34/h3,5-6,9-10,18H,4,7-8,11-15H2,1-2H3,(H,27,31)(H,28,34)/t26-/m1/s1. The number of piperidine rings is 1. The van der Waals surface area contributed by atoms with Gasteiger partial charge < -0.3 is 15.5 Å². The molecule has 0 spiro atoms. The van der Waals surface area contributed by atoms with Gasteiger partial charge in [-0.1, -0.05) is 30.3 Å². The van der Waals surface area contributed by atoms with Gasteiger partial charge in [0.05, 0.1) is 5.56 Å². The maximum Gasteiger partial charge on any atom is 0.325 e. The van der Waals surface area contributed by atoms with Crippen LogP contribution < -0.4 is 10.6 Å². The molecule has 2 aromatic rings. The Morgan fingerprint density at radius 2 is 1.80 bits per heavy atom. The maximum absolute atomic E-state index is 13.5. The summed E-state index contributed by atoms with van der Waals surface area (Å²) in [5, 5.41) is 6.09. The highest BCUT2D eigenvalue weighted by atomic mass is 32.1. The average molecular weight is 495 g/mol. The molecule has 5 amide bonds. The van der Waals surface area contributed by atoms with Crippen molar-refractivity contribution in [3.8, 4) is 10.4 Å². The number of amides is 5. The largest absolute Gasteiger partial charge is 0.339 e. The number of imide groups is 1. The zero-order valence-corrected chi connectivity index (χ0v) is 20.9. The van der Waals surface area contributed by atoms with Crippen LogP contribution in [0.3, 0.4) is 0 Å². The van der Waals surface area contributed by atoms with Crippen LogP contribution in [0.5, 0.6) is 0 Å². The van der Waals surface area contributed by atoms with E-state index in [0.29, 0.717) is 23.7 Å². The van der Waals surface area contributed by atoms with Gasteiger partial charge in [0.1, 0.15) is 17.1 Å². The van der Waals surface area contributed by atoms with E-state index in [2.05, 4.69) is 10.6 Å². The molecule has 3 heterocycles. The van der Waals surface area contributed by atoms with Crippen molar-refractivity contribution >= 4 is 40.1 Å². The van der Waals surface area contributed by atoms with Crippen LogP contribution in [0.1, 0.15) is 54.9 Å². The first-order valence-corrected chi connectivity index (χ1v) is 13.0. The zero-order chi connectivity index (χ0) is 24.7. The first-order valence-electron chi connectivity index (χ1n) is 12.2. The molecule has 1 saturated carbocycles. The SMILES string of the molecule is Cc1c(-c2ccccc2)sc(NC(=O)CN2C(=O)N[C@](C)(C3CC3)C2=O)c1C(=O)N1CCCCC1. The van der Waals surface area contributed by atoms with Crippen molar-refractivity contribution in [2.24, 2.45) is 5.92 Å². The summed E-state index contributed by atoms with van der Waals surface area (Å²) >= 11 is 1.35. The van der Waals surface area contributed by atoms with Crippen LogP contribution in [0.15, 0.2) is 30.3 Å². The number of anilines is 1. The molecule has 1 atom stereocenters. The van der Waals surface area contributed by atoms with Crippen LogP contribution in [0.25, 0.3) is 10.4 Å². The third-order valence-corrected chi connectivity index (χ3v) is 8.55. The van der Waals surface area contributed by atoms with Gasteiger partial charge in [-0.25, -0.2) is 4.79 Å². The van der Waals surface area contributed by atoms with E-state index < -0.39 is 17.5 Å². The second-order valence-corrected chi connectivity index (χ2v) is 10.8. The van der Waals surface area contributed by atoms with Gasteiger partial charge in [-0.3, -0.25) is 19.3 Å². The number of likely N-dealkylation sites (tertiary alicyclic amines) is 1. The van der Waals surface area contributed by atoms with Gasteiger partial charge in [-0.15, -0.1) is 11.3 Å². The highest BCUT2D eigenvalue weighted by Crippen LogP contribution is 2.43. The summed E-state index contributed by atoms with van der Waals surface area (Å²) in [6.45, 7) is 4.65. The van der Waals surface area contributed by atoms with E-state index in [9.17, 15) is 19.2 Å². The minimum Gasteiger partial charge on any atom is -0.339 e. The number of benzene rings is 1. The van der Waals surface area contributed by atoms with E-state index in [0.717, 1.165) is 53.0 Å². The number of rotatable bonds is 6. The lowest BCUT2D eigenvalue weighted by molar-refractivity contribution is -0.134. The van der Waals surface area contributed by atoms with Crippen LogP contribution in [0.4, 0.5) is 9.80 Å². The number of carbonyl (C=O) groups excluding carboxylic acids is 4. The van der Waals surface area contributed by atoms with Crippen LogP contribution in [0, 0.1) is 12.8 Å². The normalized spacial score (nSPS) is 22.3. The highest BCUT2D eigenvalue weighted by Gasteiger charge is 2.56. The number of hydrogen-bond acceptors (Lipinski definition) is 5. The van der Waals surface area contributed by atoms with E-state index in [1.807, 2.05) is 42.2 Å². The Kier molecular flexibility index (Phi) is 6.13. The first kappa shape index (κ1) is 23.5. The van der Waals surface area contributed by atoms with E-state index in [4.69, 9.17) is 0 Å². The lowest BCUT2D eigenvalue weighted by atomic mass is 9.96.